The lowest BCUT2D eigenvalue weighted by Crippen LogP contribution is -2.50. The molecule has 0 spiro atoms. The van der Waals surface area contributed by atoms with Gasteiger partial charge in [-0.2, -0.15) is 0 Å². The number of nitrogen functional groups attached to an aromatic ring is 1. The minimum absolute atomic E-state index is 0.0212. The van der Waals surface area contributed by atoms with Crippen molar-refractivity contribution in [1.29, 1.82) is 0 Å². The number of morpholine rings is 1. The summed E-state index contributed by atoms with van der Waals surface area (Å²) in [5.74, 6) is 0.220. The van der Waals surface area contributed by atoms with Gasteiger partial charge in [0, 0.05) is 30.7 Å². The summed E-state index contributed by atoms with van der Waals surface area (Å²) in [6, 6.07) is 9.74. The van der Waals surface area contributed by atoms with Crippen LogP contribution in [0.4, 0.5) is 11.6 Å². The molecule has 1 aliphatic rings. The molecule has 1 aliphatic heterocycles. The average molecular weight is 473 g/mol. The number of aliphatic hydroxyl groups excluding tert-OH is 1. The van der Waals surface area contributed by atoms with Gasteiger partial charge in [0.25, 0.3) is 5.91 Å². The molecular formula is C23H19N7O5. The van der Waals surface area contributed by atoms with Crippen LogP contribution >= 0.6 is 0 Å². The zero-order valence-electron chi connectivity index (χ0n) is 18.2. The molecule has 0 bridgehead atoms. The summed E-state index contributed by atoms with van der Waals surface area (Å²) >= 11 is 0. The number of ether oxygens (including phenoxy) is 1. The van der Waals surface area contributed by atoms with E-state index in [0.29, 0.717) is 16.7 Å². The molecule has 4 aromatic heterocycles. The third kappa shape index (κ3) is 3.43. The second-order valence-corrected chi connectivity index (χ2v) is 8.05. The van der Waals surface area contributed by atoms with E-state index in [2.05, 4.69) is 20.2 Å². The van der Waals surface area contributed by atoms with Gasteiger partial charge in [-0.3, -0.25) is 19.5 Å². The lowest BCUT2D eigenvalue weighted by molar-refractivity contribution is -0.143. The first kappa shape index (κ1) is 21.0. The highest BCUT2D eigenvalue weighted by molar-refractivity contribution is 6.05. The maximum atomic E-state index is 13.3. The summed E-state index contributed by atoms with van der Waals surface area (Å²) in [5.41, 5.74) is 6.79. The van der Waals surface area contributed by atoms with Gasteiger partial charge in [-0.15, -0.1) is 5.10 Å². The highest BCUT2D eigenvalue weighted by Crippen LogP contribution is 2.29. The van der Waals surface area contributed by atoms with Gasteiger partial charge in [-0.25, -0.2) is 14.8 Å². The molecule has 5 heterocycles. The first-order chi connectivity index (χ1) is 17.0. The predicted octanol–water partition coefficient (Wildman–Crippen LogP) is 1.30. The van der Waals surface area contributed by atoms with Crippen molar-refractivity contribution in [2.45, 2.75) is 12.2 Å². The normalized spacial score (nSPS) is 17.3. The largest absolute Gasteiger partial charge is 0.383 e. The Labute approximate surface area is 196 Å². The van der Waals surface area contributed by atoms with Gasteiger partial charge >= 0.3 is 0 Å². The van der Waals surface area contributed by atoms with Crippen molar-refractivity contribution in [1.82, 2.24) is 24.9 Å². The summed E-state index contributed by atoms with van der Waals surface area (Å²) in [4.78, 5) is 36.0. The van der Waals surface area contributed by atoms with Crippen LogP contribution in [0.15, 0.2) is 64.3 Å². The Hall–Kier alpha value is -4.55. The Morgan fingerprint density at radius 2 is 2.00 bits per heavy atom. The Kier molecular flexibility index (Phi) is 4.83. The predicted molar refractivity (Wildman–Crippen MR) is 125 cm³/mol. The SMILES string of the molecule is Nc1[nH]oc2c1ccc1nc(C(O)C3OCCN(c4ccn(-c5ccncc5)n4)C3=O)cc(=O)c12. The van der Waals surface area contributed by atoms with E-state index in [9.17, 15) is 14.7 Å². The fourth-order valence-electron chi connectivity index (χ4n) is 4.23. The molecule has 35 heavy (non-hydrogen) atoms. The molecule has 1 fully saturated rings. The van der Waals surface area contributed by atoms with Crippen LogP contribution in [0.5, 0.6) is 0 Å². The average Bonchev–Trinajstić information content (AvgIpc) is 3.51. The Morgan fingerprint density at radius 3 is 2.83 bits per heavy atom. The van der Waals surface area contributed by atoms with E-state index >= 15 is 0 Å². The standard InChI is InChI=1S/C23H19N7O5/c24-22-13-1-2-14-18(20(13)35-28-22)16(31)11-15(26-14)19(32)21-23(33)29(9-10-34-21)17-5-8-30(27-17)12-3-6-25-7-4-12/h1-8,11,19,21,28,32H,9-10,24H2. The first-order valence-corrected chi connectivity index (χ1v) is 10.8. The molecule has 12 nitrogen and oxygen atoms in total. The van der Waals surface area contributed by atoms with Crippen molar-refractivity contribution in [2.75, 3.05) is 23.8 Å². The van der Waals surface area contributed by atoms with Gasteiger partial charge in [-0.05, 0) is 24.3 Å². The number of anilines is 2. The molecule has 4 N–H and O–H groups in total. The van der Waals surface area contributed by atoms with Crippen LogP contribution in [0.25, 0.3) is 27.6 Å². The maximum absolute atomic E-state index is 13.3. The minimum Gasteiger partial charge on any atom is -0.383 e. The van der Waals surface area contributed by atoms with E-state index in [1.165, 1.54) is 11.0 Å². The number of benzene rings is 1. The first-order valence-electron chi connectivity index (χ1n) is 10.8. The van der Waals surface area contributed by atoms with E-state index in [-0.39, 0.29) is 35.6 Å². The molecule has 1 saturated heterocycles. The van der Waals surface area contributed by atoms with Crippen LogP contribution in [-0.2, 0) is 9.53 Å². The second kappa shape index (κ2) is 8.04. The van der Waals surface area contributed by atoms with Gasteiger partial charge in [0.15, 0.2) is 22.9 Å². The van der Waals surface area contributed by atoms with Crippen LogP contribution in [0.3, 0.4) is 0 Å². The van der Waals surface area contributed by atoms with Gasteiger partial charge in [0.05, 0.1) is 40.8 Å². The quantitative estimate of drug-likeness (QED) is 0.349. The number of aromatic nitrogens is 5. The van der Waals surface area contributed by atoms with E-state index < -0.39 is 23.5 Å². The summed E-state index contributed by atoms with van der Waals surface area (Å²) in [7, 11) is 0. The third-order valence-electron chi connectivity index (χ3n) is 5.95. The van der Waals surface area contributed by atoms with E-state index in [1.807, 2.05) is 0 Å². The number of carbonyl (C=O) groups is 1. The molecule has 0 aliphatic carbocycles. The summed E-state index contributed by atoms with van der Waals surface area (Å²) in [5, 5.41) is 18.8. The van der Waals surface area contributed by atoms with Crippen molar-refractivity contribution >= 4 is 39.4 Å². The molecule has 6 rings (SSSR count). The molecule has 12 heteroatoms. The lowest BCUT2D eigenvalue weighted by Gasteiger charge is -2.33. The monoisotopic (exact) mass is 473 g/mol. The van der Waals surface area contributed by atoms with Crippen molar-refractivity contribution in [3.63, 3.8) is 0 Å². The van der Waals surface area contributed by atoms with Crippen LogP contribution in [0, 0.1) is 0 Å². The van der Waals surface area contributed by atoms with Gasteiger partial charge in [0.2, 0.25) is 0 Å². The molecule has 5 aromatic rings. The van der Waals surface area contributed by atoms with E-state index in [4.69, 9.17) is 15.0 Å². The molecule has 0 radical (unpaired) electrons. The number of aliphatic hydroxyl groups is 1. The molecule has 2 atom stereocenters. The van der Waals surface area contributed by atoms with Crippen molar-refractivity contribution in [2.24, 2.45) is 0 Å². The fraction of sp³-hybridized carbons (Fsp3) is 0.174. The van der Waals surface area contributed by atoms with Crippen LogP contribution < -0.4 is 16.1 Å². The lowest BCUT2D eigenvalue weighted by atomic mass is 10.0. The van der Waals surface area contributed by atoms with E-state index in [1.54, 1.807) is 53.6 Å². The number of pyridine rings is 2. The van der Waals surface area contributed by atoms with Crippen LogP contribution in [0.2, 0.25) is 0 Å². The van der Waals surface area contributed by atoms with Crippen LogP contribution in [-0.4, -0.2) is 55.2 Å². The topological polar surface area (TPSA) is 165 Å². The highest BCUT2D eigenvalue weighted by atomic mass is 16.5. The molecule has 1 aromatic carbocycles. The van der Waals surface area contributed by atoms with Crippen molar-refractivity contribution < 1.29 is 19.2 Å². The zero-order valence-corrected chi connectivity index (χ0v) is 18.2. The molecular weight excluding hydrogens is 454 g/mol. The molecule has 176 valence electrons. The van der Waals surface area contributed by atoms with E-state index in [0.717, 1.165) is 5.69 Å². The number of carbonyl (C=O) groups excluding carboxylic acids is 1. The fourth-order valence-corrected chi connectivity index (χ4v) is 4.23. The number of nitrogens with zero attached hydrogens (tertiary/aromatic N) is 5. The van der Waals surface area contributed by atoms with Crippen molar-refractivity contribution in [3.8, 4) is 5.69 Å². The third-order valence-corrected chi connectivity index (χ3v) is 5.95. The number of rotatable bonds is 4. The number of nitrogens with two attached hydrogens (primary N) is 1. The number of hydrogen-bond acceptors (Lipinski definition) is 9. The number of hydrogen-bond donors (Lipinski definition) is 3. The maximum Gasteiger partial charge on any atom is 0.260 e. The Morgan fingerprint density at radius 1 is 1.17 bits per heavy atom. The minimum atomic E-state index is -1.46. The number of nitrogens with one attached hydrogen (secondary N) is 1. The van der Waals surface area contributed by atoms with Crippen molar-refractivity contribution in [3.05, 3.63) is 70.9 Å². The summed E-state index contributed by atoms with van der Waals surface area (Å²) < 4.78 is 12.6. The zero-order chi connectivity index (χ0) is 24.1. The smallest absolute Gasteiger partial charge is 0.260 e. The van der Waals surface area contributed by atoms with Gasteiger partial charge in [0.1, 0.15) is 11.9 Å². The molecule has 0 saturated carbocycles. The van der Waals surface area contributed by atoms with Gasteiger partial charge < -0.3 is 20.1 Å². The summed E-state index contributed by atoms with van der Waals surface area (Å²) in [6.07, 6.45) is 2.30. The molecule has 2 unspecified atom stereocenters. The van der Waals surface area contributed by atoms with Crippen LogP contribution in [0.1, 0.15) is 11.8 Å². The Bertz CT molecular complexity index is 1620. The second-order valence-electron chi connectivity index (χ2n) is 8.05. The summed E-state index contributed by atoms with van der Waals surface area (Å²) in [6.45, 7) is 0.442. The number of H-pyrrole nitrogens is 1. The number of aromatic amines is 1. The number of fused-ring (bicyclic) bond motifs is 3. The highest BCUT2D eigenvalue weighted by Gasteiger charge is 2.38. The molecule has 1 amide bonds. The Balaban J connectivity index is 1.31. The van der Waals surface area contributed by atoms with Gasteiger partial charge in [-0.1, -0.05) is 0 Å². The number of amides is 1.